The summed E-state index contributed by atoms with van der Waals surface area (Å²) < 4.78 is 6.97. The Morgan fingerprint density at radius 2 is 1.77 bits per heavy atom. The van der Waals surface area contributed by atoms with Crippen molar-refractivity contribution in [2.45, 2.75) is 0 Å². The molecule has 1 aliphatic heterocycles. The molecule has 0 unspecified atom stereocenters. The monoisotopic (exact) mass is 476 g/mol. The van der Waals surface area contributed by atoms with Gasteiger partial charge in [0.1, 0.15) is 17.9 Å². The normalized spacial score (nSPS) is 15.3. The average Bonchev–Trinajstić information content (AvgIpc) is 2.90. The first kappa shape index (κ1) is 18.4. The highest BCUT2D eigenvalue weighted by atomic mass is 79.9. The molecular weight excluding hydrogens is 464 g/mol. The number of nitrogens with one attached hydrogen (secondary N) is 1. The molecule has 1 saturated heterocycles. The van der Waals surface area contributed by atoms with Gasteiger partial charge in [-0.3, -0.25) is 15.0 Å². The fourth-order valence-electron chi connectivity index (χ4n) is 2.43. The number of benzene rings is 2. The Bertz CT molecular complexity index is 887. The molecule has 132 valence electrons. The lowest BCUT2D eigenvalue weighted by molar-refractivity contribution is -0.117. The summed E-state index contributed by atoms with van der Waals surface area (Å²) in [4.78, 5) is 24.9. The van der Waals surface area contributed by atoms with Crippen molar-refractivity contribution < 1.29 is 14.3 Å². The van der Waals surface area contributed by atoms with Gasteiger partial charge in [-0.1, -0.05) is 30.9 Å². The van der Waals surface area contributed by atoms with Crippen LogP contribution in [0.25, 0.3) is 6.08 Å². The van der Waals surface area contributed by atoms with E-state index in [2.05, 4.69) is 43.9 Å². The third-order valence-corrected chi connectivity index (χ3v) is 4.76. The van der Waals surface area contributed by atoms with E-state index in [1.807, 2.05) is 6.07 Å². The Kier molecular flexibility index (Phi) is 5.58. The van der Waals surface area contributed by atoms with Crippen LogP contribution in [-0.4, -0.2) is 18.4 Å². The summed E-state index contributed by atoms with van der Waals surface area (Å²) in [7, 11) is 0. The molecule has 0 bridgehead atoms. The summed E-state index contributed by atoms with van der Waals surface area (Å²) in [5.41, 5.74) is 3.92. The Labute approximate surface area is 167 Å². The maximum absolute atomic E-state index is 12.6. The van der Waals surface area contributed by atoms with Gasteiger partial charge in [0.05, 0.1) is 14.6 Å². The van der Waals surface area contributed by atoms with Crippen LogP contribution in [-0.2, 0) is 9.59 Å². The Hall–Kier alpha value is -2.38. The summed E-state index contributed by atoms with van der Waals surface area (Å²) >= 11 is 6.88. The van der Waals surface area contributed by atoms with Crippen LogP contribution in [0.15, 0.2) is 69.6 Å². The number of ether oxygens (including phenoxy) is 1. The van der Waals surface area contributed by atoms with Crippen molar-refractivity contribution in [1.82, 2.24) is 5.43 Å². The second-order valence-corrected chi connectivity index (χ2v) is 7.10. The lowest BCUT2D eigenvalue weighted by atomic mass is 10.1. The predicted octanol–water partition coefficient (Wildman–Crippen LogP) is 4.24. The van der Waals surface area contributed by atoms with E-state index < -0.39 is 11.8 Å². The van der Waals surface area contributed by atoms with Crippen LogP contribution in [0.5, 0.6) is 5.75 Å². The zero-order valence-corrected chi connectivity index (χ0v) is 16.7. The van der Waals surface area contributed by atoms with Crippen molar-refractivity contribution in [3.63, 3.8) is 0 Å². The van der Waals surface area contributed by atoms with Gasteiger partial charge in [-0.25, -0.2) is 5.01 Å². The lowest BCUT2D eigenvalue weighted by Gasteiger charge is -2.13. The first-order valence-electron chi connectivity index (χ1n) is 7.66. The molecule has 1 heterocycles. The third kappa shape index (κ3) is 3.73. The molecule has 1 N–H and O–H groups in total. The highest BCUT2D eigenvalue weighted by Gasteiger charge is 2.34. The number of anilines is 1. The summed E-state index contributed by atoms with van der Waals surface area (Å²) in [6.07, 6.45) is 3.20. The molecule has 2 aromatic carbocycles. The molecule has 0 radical (unpaired) electrons. The van der Waals surface area contributed by atoms with Gasteiger partial charge >= 0.3 is 0 Å². The molecule has 26 heavy (non-hydrogen) atoms. The Morgan fingerprint density at radius 1 is 1.12 bits per heavy atom. The lowest BCUT2D eigenvalue weighted by Crippen LogP contribution is -2.35. The van der Waals surface area contributed by atoms with Crippen molar-refractivity contribution >= 4 is 55.4 Å². The van der Waals surface area contributed by atoms with Crippen molar-refractivity contribution in [2.75, 3.05) is 11.6 Å². The van der Waals surface area contributed by atoms with E-state index in [0.29, 0.717) is 32.6 Å². The maximum Gasteiger partial charge on any atom is 0.282 e. The molecule has 0 atom stereocenters. The molecule has 2 amide bonds. The summed E-state index contributed by atoms with van der Waals surface area (Å²) in [5, 5.41) is 1.24. The topological polar surface area (TPSA) is 58.6 Å². The van der Waals surface area contributed by atoms with E-state index >= 15 is 0 Å². The quantitative estimate of drug-likeness (QED) is 0.398. The van der Waals surface area contributed by atoms with Crippen LogP contribution >= 0.6 is 31.9 Å². The second kappa shape index (κ2) is 7.88. The van der Waals surface area contributed by atoms with Crippen molar-refractivity contribution in [3.05, 3.63) is 75.2 Å². The van der Waals surface area contributed by atoms with Crippen LogP contribution in [0.1, 0.15) is 5.56 Å². The average molecular weight is 478 g/mol. The summed E-state index contributed by atoms with van der Waals surface area (Å²) in [5.74, 6) is -0.223. The molecule has 0 aromatic heterocycles. The first-order valence-corrected chi connectivity index (χ1v) is 9.25. The smallest absolute Gasteiger partial charge is 0.282 e. The SMILES string of the molecule is C=CCOc1c(Br)cc(C=C2C(=O)NN(c3ccccc3)C2=O)cc1Br. The summed E-state index contributed by atoms with van der Waals surface area (Å²) in [6.45, 7) is 3.98. The van der Waals surface area contributed by atoms with Gasteiger partial charge in [-0.05, 0) is 67.8 Å². The Balaban J connectivity index is 1.91. The fraction of sp³-hybridized carbons (Fsp3) is 0.0526. The van der Waals surface area contributed by atoms with E-state index in [1.54, 1.807) is 48.6 Å². The zero-order chi connectivity index (χ0) is 18.7. The number of hydrazine groups is 1. The van der Waals surface area contributed by atoms with Crippen LogP contribution in [0.2, 0.25) is 0 Å². The fourth-order valence-corrected chi connectivity index (χ4v) is 3.88. The van der Waals surface area contributed by atoms with E-state index in [0.717, 1.165) is 0 Å². The van der Waals surface area contributed by atoms with Gasteiger partial charge in [0, 0.05) is 0 Å². The van der Waals surface area contributed by atoms with Gasteiger partial charge in [0.2, 0.25) is 0 Å². The highest BCUT2D eigenvalue weighted by molar-refractivity contribution is 9.11. The standard InChI is InChI=1S/C19H14Br2N2O3/c1-2-8-26-17-15(20)10-12(11-16(17)21)9-14-18(24)22-23(19(14)25)13-6-4-3-5-7-13/h2-7,9-11H,1,8H2,(H,22,24). The minimum absolute atomic E-state index is 0.0624. The number of rotatable bonds is 5. The highest BCUT2D eigenvalue weighted by Crippen LogP contribution is 2.35. The summed E-state index contributed by atoms with van der Waals surface area (Å²) in [6, 6.07) is 12.5. The second-order valence-electron chi connectivity index (χ2n) is 5.39. The number of hydrogen-bond donors (Lipinski definition) is 1. The van der Waals surface area contributed by atoms with Gasteiger partial charge < -0.3 is 4.74 Å². The number of hydrogen-bond acceptors (Lipinski definition) is 3. The van der Waals surface area contributed by atoms with Crippen LogP contribution in [0.3, 0.4) is 0 Å². The minimum Gasteiger partial charge on any atom is -0.487 e. The molecule has 7 heteroatoms. The third-order valence-electron chi connectivity index (χ3n) is 3.58. The predicted molar refractivity (Wildman–Crippen MR) is 108 cm³/mol. The molecular formula is C19H14Br2N2O3. The molecule has 0 saturated carbocycles. The number of para-hydroxylation sites is 1. The molecule has 5 nitrogen and oxygen atoms in total. The number of carbonyl (C=O) groups excluding carboxylic acids is 2. The number of amides is 2. The van der Waals surface area contributed by atoms with Crippen molar-refractivity contribution in [1.29, 1.82) is 0 Å². The van der Waals surface area contributed by atoms with E-state index in [4.69, 9.17) is 4.74 Å². The van der Waals surface area contributed by atoms with Crippen molar-refractivity contribution in [3.8, 4) is 5.75 Å². The first-order chi connectivity index (χ1) is 12.5. The van der Waals surface area contributed by atoms with Crippen molar-refractivity contribution in [2.24, 2.45) is 0 Å². The molecule has 1 fully saturated rings. The maximum atomic E-state index is 12.6. The minimum atomic E-state index is -0.446. The largest absolute Gasteiger partial charge is 0.487 e. The molecule has 0 spiro atoms. The molecule has 2 aromatic rings. The molecule has 1 aliphatic rings. The van der Waals surface area contributed by atoms with Crippen LogP contribution in [0.4, 0.5) is 5.69 Å². The number of nitrogens with zero attached hydrogens (tertiary/aromatic N) is 1. The van der Waals surface area contributed by atoms with Crippen LogP contribution < -0.4 is 15.2 Å². The molecule has 0 aliphatic carbocycles. The Morgan fingerprint density at radius 3 is 2.38 bits per heavy atom. The zero-order valence-electron chi connectivity index (χ0n) is 13.5. The van der Waals surface area contributed by atoms with E-state index in [1.165, 1.54) is 5.01 Å². The van der Waals surface area contributed by atoms with Gasteiger partial charge in [0.25, 0.3) is 11.8 Å². The van der Waals surface area contributed by atoms with E-state index in [-0.39, 0.29) is 5.57 Å². The number of carbonyl (C=O) groups is 2. The molecule has 3 rings (SSSR count). The van der Waals surface area contributed by atoms with E-state index in [9.17, 15) is 9.59 Å². The van der Waals surface area contributed by atoms with Crippen LogP contribution in [0, 0.1) is 0 Å². The number of halogens is 2. The van der Waals surface area contributed by atoms with Gasteiger partial charge in [-0.2, -0.15) is 0 Å². The van der Waals surface area contributed by atoms with Gasteiger partial charge in [0.15, 0.2) is 0 Å². The van der Waals surface area contributed by atoms with Gasteiger partial charge in [-0.15, -0.1) is 0 Å².